The molecular weight excluding hydrogens is 448 g/mol. The number of aryl methyl sites for hydroxylation is 1. The number of rotatable bonds is 19. The lowest BCUT2D eigenvalue weighted by Crippen LogP contribution is -2.15. The Morgan fingerprint density at radius 2 is 0.946 bits per heavy atom. The van der Waals surface area contributed by atoms with Crippen LogP contribution in [0.2, 0.25) is 0 Å². The molecule has 1 aromatic rings. The van der Waals surface area contributed by atoms with E-state index < -0.39 is 0 Å². The van der Waals surface area contributed by atoms with Crippen LogP contribution in [0.1, 0.15) is 161 Å². The van der Waals surface area contributed by atoms with Crippen LogP contribution in [0.5, 0.6) is 5.75 Å². The Labute approximate surface area is 231 Å². The molecule has 2 fully saturated rings. The zero-order chi connectivity index (χ0) is 26.0. The second kappa shape index (κ2) is 19.1. The maximum atomic E-state index is 6.11. The molecule has 0 spiro atoms. The summed E-state index contributed by atoms with van der Waals surface area (Å²) < 4.78 is 6.11. The van der Waals surface area contributed by atoms with Gasteiger partial charge in [0.1, 0.15) is 5.75 Å². The molecule has 2 saturated carbocycles. The zero-order valence-corrected chi connectivity index (χ0v) is 25.0. The van der Waals surface area contributed by atoms with Crippen molar-refractivity contribution in [2.75, 3.05) is 6.61 Å². The molecule has 0 aliphatic heterocycles. The lowest BCUT2D eigenvalue weighted by molar-refractivity contribution is 0.228. The summed E-state index contributed by atoms with van der Waals surface area (Å²) >= 11 is 0. The Morgan fingerprint density at radius 1 is 0.514 bits per heavy atom. The number of hydrogen-bond donors (Lipinski definition) is 0. The average Bonchev–Trinajstić information content (AvgIpc) is 2.94. The molecule has 0 aromatic heterocycles. The van der Waals surface area contributed by atoms with Gasteiger partial charge in [0, 0.05) is 0 Å². The van der Waals surface area contributed by atoms with Gasteiger partial charge in [0.05, 0.1) is 6.61 Å². The van der Waals surface area contributed by atoms with Gasteiger partial charge in [-0.2, -0.15) is 0 Å². The minimum Gasteiger partial charge on any atom is -0.494 e. The number of ether oxygens (including phenoxy) is 1. The summed E-state index contributed by atoms with van der Waals surface area (Å²) in [5, 5.41) is 0. The van der Waals surface area contributed by atoms with Crippen molar-refractivity contribution >= 4 is 0 Å². The van der Waals surface area contributed by atoms with E-state index in [1.54, 1.807) is 0 Å². The van der Waals surface area contributed by atoms with Crippen molar-refractivity contribution in [3.63, 3.8) is 0 Å². The van der Waals surface area contributed by atoms with Gasteiger partial charge < -0.3 is 4.74 Å². The largest absolute Gasteiger partial charge is 0.494 e. The summed E-state index contributed by atoms with van der Waals surface area (Å²) in [6, 6.07) is 9.07. The first-order valence-corrected chi connectivity index (χ1v) is 17.0. The van der Waals surface area contributed by atoms with E-state index in [4.69, 9.17) is 4.74 Å². The molecule has 2 aliphatic rings. The molecule has 1 heteroatoms. The topological polar surface area (TPSA) is 9.23 Å². The van der Waals surface area contributed by atoms with Gasteiger partial charge in [-0.25, -0.2) is 0 Å². The van der Waals surface area contributed by atoms with Crippen molar-refractivity contribution in [1.29, 1.82) is 0 Å². The Morgan fingerprint density at radius 3 is 1.46 bits per heavy atom. The predicted octanol–water partition coefficient (Wildman–Crippen LogP) is 11.7. The van der Waals surface area contributed by atoms with Gasteiger partial charge >= 0.3 is 0 Å². The van der Waals surface area contributed by atoms with Gasteiger partial charge in [-0.1, -0.05) is 148 Å². The molecule has 212 valence electrons. The van der Waals surface area contributed by atoms with Crippen LogP contribution < -0.4 is 4.74 Å². The third kappa shape index (κ3) is 13.1. The summed E-state index contributed by atoms with van der Waals surface area (Å²) in [5.74, 6) is 5.05. The Kier molecular flexibility index (Phi) is 15.8. The molecule has 1 aromatic carbocycles. The highest BCUT2D eigenvalue weighted by molar-refractivity contribution is 5.27. The van der Waals surface area contributed by atoms with Crippen LogP contribution >= 0.6 is 0 Å². The van der Waals surface area contributed by atoms with E-state index in [0.717, 1.165) is 36.0 Å². The summed E-state index contributed by atoms with van der Waals surface area (Å²) in [7, 11) is 0. The molecule has 0 unspecified atom stereocenters. The van der Waals surface area contributed by atoms with Crippen molar-refractivity contribution in [1.82, 2.24) is 0 Å². The maximum Gasteiger partial charge on any atom is 0.119 e. The van der Waals surface area contributed by atoms with Crippen LogP contribution in [-0.2, 0) is 6.42 Å². The van der Waals surface area contributed by atoms with E-state index in [1.165, 1.54) is 153 Å². The first-order valence-electron chi connectivity index (χ1n) is 17.0. The van der Waals surface area contributed by atoms with Crippen molar-refractivity contribution < 1.29 is 4.74 Å². The highest BCUT2D eigenvalue weighted by atomic mass is 16.5. The number of hydrogen-bond acceptors (Lipinski definition) is 1. The molecule has 0 atom stereocenters. The van der Waals surface area contributed by atoms with E-state index in [-0.39, 0.29) is 0 Å². The van der Waals surface area contributed by atoms with E-state index in [9.17, 15) is 0 Å². The predicted molar refractivity (Wildman–Crippen MR) is 163 cm³/mol. The van der Waals surface area contributed by atoms with Crippen LogP contribution in [0.15, 0.2) is 24.3 Å². The first kappa shape index (κ1) is 30.6. The first-order chi connectivity index (χ1) is 18.3. The minimum atomic E-state index is 0.887. The van der Waals surface area contributed by atoms with Gasteiger partial charge in [0.25, 0.3) is 0 Å². The molecule has 0 radical (unpaired) electrons. The van der Waals surface area contributed by atoms with Gasteiger partial charge in [-0.15, -0.1) is 0 Å². The van der Waals surface area contributed by atoms with Crippen molar-refractivity contribution in [3.8, 4) is 5.75 Å². The Hall–Kier alpha value is -0.980. The second-order valence-electron chi connectivity index (χ2n) is 13.0. The van der Waals surface area contributed by atoms with Crippen molar-refractivity contribution in [3.05, 3.63) is 29.8 Å². The second-order valence-corrected chi connectivity index (χ2v) is 13.0. The molecule has 3 rings (SSSR count). The molecule has 0 heterocycles. The fourth-order valence-electron chi connectivity index (χ4n) is 7.20. The molecule has 37 heavy (non-hydrogen) atoms. The summed E-state index contributed by atoms with van der Waals surface area (Å²) in [4.78, 5) is 0. The monoisotopic (exact) mass is 510 g/mol. The van der Waals surface area contributed by atoms with Crippen LogP contribution in [0.25, 0.3) is 0 Å². The van der Waals surface area contributed by atoms with Crippen molar-refractivity contribution in [2.24, 2.45) is 23.7 Å². The number of benzene rings is 1. The Bertz CT molecular complexity index is 648. The van der Waals surface area contributed by atoms with Crippen LogP contribution in [-0.4, -0.2) is 6.61 Å². The Balaban J connectivity index is 1.18. The van der Waals surface area contributed by atoms with E-state index in [2.05, 4.69) is 38.1 Å². The quantitative estimate of drug-likeness (QED) is 0.168. The summed E-state index contributed by atoms with van der Waals surface area (Å²) in [6.07, 6.45) is 32.9. The molecule has 0 amide bonds. The standard InChI is InChI=1S/C36H62O/c1-3-5-7-9-11-14-32-16-18-33(19-17-32)15-12-30-37-36-28-26-35(27-29-36)25-24-34-22-20-31(21-23-34)13-10-8-6-4-2/h26-29,31-34H,3-25,30H2,1-2H3. The lowest BCUT2D eigenvalue weighted by atomic mass is 9.78. The summed E-state index contributed by atoms with van der Waals surface area (Å²) in [6.45, 7) is 5.51. The van der Waals surface area contributed by atoms with E-state index in [1.807, 2.05) is 0 Å². The molecule has 2 aliphatic carbocycles. The molecule has 1 nitrogen and oxygen atoms in total. The lowest BCUT2D eigenvalue weighted by Gasteiger charge is -2.28. The molecule has 0 N–H and O–H groups in total. The third-order valence-electron chi connectivity index (χ3n) is 9.90. The van der Waals surface area contributed by atoms with E-state index >= 15 is 0 Å². The van der Waals surface area contributed by atoms with Crippen LogP contribution in [0, 0.1) is 23.7 Å². The highest BCUT2D eigenvalue weighted by Crippen LogP contribution is 2.35. The fraction of sp³-hybridized carbons (Fsp3) is 0.833. The molecule has 0 saturated heterocycles. The van der Waals surface area contributed by atoms with Crippen LogP contribution in [0.4, 0.5) is 0 Å². The molecular formula is C36H62O. The summed E-state index contributed by atoms with van der Waals surface area (Å²) in [5.41, 5.74) is 1.50. The van der Waals surface area contributed by atoms with Crippen molar-refractivity contribution in [2.45, 2.75) is 162 Å². The van der Waals surface area contributed by atoms with Gasteiger partial charge in [-0.05, 0) is 67.1 Å². The maximum absolute atomic E-state index is 6.11. The van der Waals surface area contributed by atoms with Crippen LogP contribution in [0.3, 0.4) is 0 Å². The SMILES string of the molecule is CCCCCCCC1CCC(CCCOc2ccc(CCC3CCC(CCCCCC)CC3)cc2)CC1. The third-order valence-corrected chi connectivity index (χ3v) is 9.90. The average molecular weight is 511 g/mol. The minimum absolute atomic E-state index is 0.887. The normalized spacial score (nSPS) is 24.3. The van der Waals surface area contributed by atoms with Gasteiger partial charge in [-0.3, -0.25) is 0 Å². The molecule has 0 bridgehead atoms. The number of unbranched alkanes of at least 4 members (excludes halogenated alkanes) is 7. The highest BCUT2D eigenvalue weighted by Gasteiger charge is 2.21. The van der Waals surface area contributed by atoms with E-state index in [0.29, 0.717) is 0 Å². The van der Waals surface area contributed by atoms with Gasteiger partial charge in [0.2, 0.25) is 0 Å². The fourth-order valence-corrected chi connectivity index (χ4v) is 7.20. The zero-order valence-electron chi connectivity index (χ0n) is 25.0. The van der Waals surface area contributed by atoms with Gasteiger partial charge in [0.15, 0.2) is 0 Å². The smallest absolute Gasteiger partial charge is 0.119 e.